The molecule has 2 aromatic heterocycles. The zero-order valence-corrected chi connectivity index (χ0v) is 36.8. The molecule has 12 nitrogen and oxygen atoms in total. The molecule has 8 rings (SSSR count). The zero-order valence-electron chi connectivity index (χ0n) is 36.8. The van der Waals surface area contributed by atoms with E-state index in [1.807, 2.05) is 0 Å². The Labute approximate surface area is 370 Å². The molecule has 0 bridgehead atoms. The van der Waals surface area contributed by atoms with Crippen molar-refractivity contribution in [3.63, 3.8) is 0 Å². The standard InChI is InChI=1S/C48H60F4N6O6/c1-48(2,3)64-47(63)56-41(27-12-8-5-9-13-27)45(60)58-25-31(52)19-33(58)23-37-35-17-15-29(50)21-39(35)54-43(37)42-36(34-16-14-28(49)20-38(34)53-42)22-32-18-30(51)24-57(32)44(59)40(55-46(61)62)26-10-6-4-7-11-26/h14-17,20-21,26-27,30-33,40-41,53-55H,4-13,18-19,22-25H2,1-3H3,(H,56,63)(H,61,62)/t30-,31-,32-,33-,40-,41-/m0/s1. The minimum atomic E-state index is -1.37. The molecule has 6 atom stereocenters. The minimum Gasteiger partial charge on any atom is -0.465 e. The Morgan fingerprint density at radius 2 is 1.12 bits per heavy atom. The maximum Gasteiger partial charge on any atom is 0.408 e. The summed E-state index contributed by atoms with van der Waals surface area (Å²) < 4.78 is 66.7. The predicted octanol–water partition coefficient (Wildman–Crippen LogP) is 9.25. The molecular weight excluding hydrogens is 833 g/mol. The van der Waals surface area contributed by atoms with Gasteiger partial charge < -0.3 is 40.2 Å². The molecule has 2 aliphatic heterocycles. The average molecular weight is 893 g/mol. The van der Waals surface area contributed by atoms with Crippen molar-refractivity contribution in [2.75, 3.05) is 13.1 Å². The molecule has 2 saturated heterocycles. The van der Waals surface area contributed by atoms with Crippen LogP contribution in [-0.2, 0) is 27.2 Å². The molecule has 0 radical (unpaired) electrons. The number of hydrogen-bond donors (Lipinski definition) is 5. The summed E-state index contributed by atoms with van der Waals surface area (Å²) in [6.07, 6.45) is 3.76. The number of hydrogen-bond acceptors (Lipinski definition) is 5. The molecular formula is C48H60F4N6O6. The van der Waals surface area contributed by atoms with Crippen molar-refractivity contribution in [2.45, 2.75) is 153 Å². The van der Waals surface area contributed by atoms with Crippen LogP contribution in [0.4, 0.5) is 27.2 Å². The Kier molecular flexibility index (Phi) is 13.2. The Balaban J connectivity index is 1.16. The molecule has 4 amide bonds. The highest BCUT2D eigenvalue weighted by molar-refractivity contribution is 5.96. The molecule has 2 saturated carbocycles. The van der Waals surface area contributed by atoms with Gasteiger partial charge in [-0.15, -0.1) is 0 Å². The van der Waals surface area contributed by atoms with Gasteiger partial charge in [0.1, 0.15) is 41.7 Å². The summed E-state index contributed by atoms with van der Waals surface area (Å²) in [6.45, 7) is 4.82. The van der Waals surface area contributed by atoms with E-state index in [4.69, 9.17) is 4.74 Å². The first-order valence-electron chi connectivity index (χ1n) is 23.0. The van der Waals surface area contributed by atoms with Crippen molar-refractivity contribution < 1.29 is 46.6 Å². The van der Waals surface area contributed by atoms with Crippen LogP contribution in [-0.4, -0.2) is 104 Å². The lowest BCUT2D eigenvalue weighted by Crippen LogP contribution is -2.55. The third-order valence-corrected chi connectivity index (χ3v) is 13.9. The smallest absolute Gasteiger partial charge is 0.408 e. The SMILES string of the molecule is CC(C)(C)OC(=O)N[C@H](C(=O)N1C[C@@H](F)C[C@H]1Cc1c(-c2[nH]c3cc(F)ccc3c2C[C@@H]2C[C@H](F)CN2C(=O)[C@@H](NC(=O)O)C2CCCCC2)[nH]c2cc(F)ccc12)C1CCCCC1. The first kappa shape index (κ1) is 45.3. The number of carboxylic acid groups (broad SMARTS) is 1. The van der Waals surface area contributed by atoms with Gasteiger partial charge in [0.2, 0.25) is 11.8 Å². The summed E-state index contributed by atoms with van der Waals surface area (Å²) in [7, 11) is 0. The summed E-state index contributed by atoms with van der Waals surface area (Å²) >= 11 is 0. The van der Waals surface area contributed by atoms with Crippen LogP contribution < -0.4 is 10.6 Å². The lowest BCUT2D eigenvalue weighted by atomic mass is 9.83. The number of amides is 4. The number of alkyl halides is 2. The second kappa shape index (κ2) is 18.7. The largest absolute Gasteiger partial charge is 0.465 e. The van der Waals surface area contributed by atoms with Crippen LogP contribution in [0.1, 0.15) is 109 Å². The quantitative estimate of drug-likeness (QED) is 0.0945. The third-order valence-electron chi connectivity index (χ3n) is 13.9. The Hall–Kier alpha value is -5.28. The highest BCUT2D eigenvalue weighted by Gasteiger charge is 2.44. The highest BCUT2D eigenvalue weighted by atomic mass is 19.1. The van der Waals surface area contributed by atoms with Gasteiger partial charge >= 0.3 is 12.2 Å². The molecule has 4 fully saturated rings. The molecule has 0 spiro atoms. The summed E-state index contributed by atoms with van der Waals surface area (Å²) in [6, 6.07) is 5.21. The number of carbonyl (C=O) groups excluding carboxylic acids is 3. The number of nitrogens with one attached hydrogen (secondary N) is 4. The van der Waals surface area contributed by atoms with Crippen LogP contribution >= 0.6 is 0 Å². The number of carbonyl (C=O) groups is 4. The van der Waals surface area contributed by atoms with E-state index in [2.05, 4.69) is 20.6 Å². The van der Waals surface area contributed by atoms with Gasteiger partial charge in [0.25, 0.3) is 0 Å². The molecule has 2 aliphatic carbocycles. The van der Waals surface area contributed by atoms with E-state index in [-0.39, 0.29) is 50.6 Å². The molecule has 64 heavy (non-hydrogen) atoms. The van der Waals surface area contributed by atoms with Crippen molar-refractivity contribution in [1.29, 1.82) is 0 Å². The van der Waals surface area contributed by atoms with E-state index in [0.717, 1.165) is 51.4 Å². The molecule has 4 aromatic rings. The lowest BCUT2D eigenvalue weighted by molar-refractivity contribution is -0.136. The number of aromatic nitrogens is 2. The molecule has 4 aliphatic rings. The van der Waals surface area contributed by atoms with Gasteiger partial charge in [0, 0.05) is 46.7 Å². The second-order valence-electron chi connectivity index (χ2n) is 19.5. The lowest BCUT2D eigenvalue weighted by Gasteiger charge is -2.35. The van der Waals surface area contributed by atoms with Crippen LogP contribution in [0.2, 0.25) is 0 Å². The maximum absolute atomic E-state index is 15.7. The summed E-state index contributed by atoms with van der Waals surface area (Å²) in [5.41, 5.74) is 2.27. The van der Waals surface area contributed by atoms with Crippen molar-refractivity contribution in [1.82, 2.24) is 30.4 Å². The van der Waals surface area contributed by atoms with Crippen LogP contribution in [0.3, 0.4) is 0 Å². The number of ether oxygens (including phenoxy) is 1. The van der Waals surface area contributed by atoms with Crippen molar-refractivity contribution in [2.24, 2.45) is 11.8 Å². The van der Waals surface area contributed by atoms with Crippen LogP contribution in [0, 0.1) is 23.5 Å². The van der Waals surface area contributed by atoms with E-state index in [9.17, 15) is 33.1 Å². The molecule has 4 heterocycles. The molecule has 0 unspecified atom stereocenters. The van der Waals surface area contributed by atoms with Gasteiger partial charge in [-0.25, -0.2) is 27.2 Å². The predicted molar refractivity (Wildman–Crippen MR) is 234 cm³/mol. The summed E-state index contributed by atoms with van der Waals surface area (Å²) in [5.74, 6) is -2.29. The van der Waals surface area contributed by atoms with Gasteiger partial charge in [0.15, 0.2) is 0 Å². The van der Waals surface area contributed by atoms with E-state index in [1.165, 1.54) is 34.1 Å². The van der Waals surface area contributed by atoms with Gasteiger partial charge in [-0.1, -0.05) is 38.5 Å². The number of aromatic amines is 2. The number of H-pyrrole nitrogens is 2. The summed E-state index contributed by atoms with van der Waals surface area (Å²) in [4.78, 5) is 63.9. The molecule has 5 N–H and O–H groups in total. The van der Waals surface area contributed by atoms with Gasteiger partial charge in [0.05, 0.1) is 24.5 Å². The van der Waals surface area contributed by atoms with E-state index >= 15 is 8.78 Å². The number of halogens is 4. The Morgan fingerprint density at radius 1 is 0.703 bits per heavy atom. The second-order valence-corrected chi connectivity index (χ2v) is 19.5. The zero-order chi connectivity index (χ0) is 45.4. The van der Waals surface area contributed by atoms with Gasteiger partial charge in [-0.2, -0.15) is 0 Å². The monoisotopic (exact) mass is 892 g/mol. The fourth-order valence-corrected chi connectivity index (χ4v) is 11.0. The summed E-state index contributed by atoms with van der Waals surface area (Å²) in [5, 5.41) is 16.3. The van der Waals surface area contributed by atoms with Gasteiger partial charge in [-0.3, -0.25) is 9.59 Å². The third kappa shape index (κ3) is 9.85. The van der Waals surface area contributed by atoms with Crippen LogP contribution in [0.15, 0.2) is 36.4 Å². The van der Waals surface area contributed by atoms with Crippen LogP contribution in [0.5, 0.6) is 0 Å². The average Bonchev–Trinajstić information content (AvgIpc) is 4.00. The fraction of sp³-hybridized carbons (Fsp3) is 0.583. The number of fused-ring (bicyclic) bond motifs is 2. The maximum atomic E-state index is 15.7. The minimum absolute atomic E-state index is 0.00913. The van der Waals surface area contributed by atoms with E-state index < -0.39 is 77.7 Å². The number of benzene rings is 2. The van der Waals surface area contributed by atoms with Gasteiger partial charge in [-0.05, 0) is 119 Å². The number of nitrogens with zero attached hydrogens (tertiary/aromatic N) is 2. The molecule has 2 aromatic carbocycles. The van der Waals surface area contributed by atoms with Crippen molar-refractivity contribution >= 4 is 45.8 Å². The molecule has 16 heteroatoms. The first-order valence-corrected chi connectivity index (χ1v) is 23.0. The number of rotatable bonds is 11. The number of likely N-dealkylation sites (tertiary alicyclic amines) is 2. The van der Waals surface area contributed by atoms with E-state index in [0.29, 0.717) is 57.2 Å². The highest BCUT2D eigenvalue weighted by Crippen LogP contribution is 2.41. The van der Waals surface area contributed by atoms with Crippen molar-refractivity contribution in [3.05, 3.63) is 59.2 Å². The number of alkyl carbamates (subject to hydrolysis) is 1. The first-order chi connectivity index (χ1) is 30.5. The fourth-order valence-electron chi connectivity index (χ4n) is 11.0. The molecule has 346 valence electrons. The topological polar surface area (TPSA) is 160 Å². The Morgan fingerprint density at radius 3 is 1.53 bits per heavy atom. The van der Waals surface area contributed by atoms with Crippen molar-refractivity contribution in [3.8, 4) is 11.4 Å². The Bertz CT molecular complexity index is 2370. The normalized spacial score (nSPS) is 23.4. The van der Waals surface area contributed by atoms with Crippen LogP contribution in [0.25, 0.3) is 33.2 Å². The van der Waals surface area contributed by atoms with E-state index in [1.54, 1.807) is 32.9 Å².